The van der Waals surface area contributed by atoms with Crippen LogP contribution in [0.4, 0.5) is 5.95 Å². The van der Waals surface area contributed by atoms with E-state index in [1.807, 2.05) is 6.07 Å². The minimum Gasteiger partial charge on any atom is -0.356 e. The van der Waals surface area contributed by atoms with Crippen molar-refractivity contribution in [1.82, 2.24) is 9.55 Å². The van der Waals surface area contributed by atoms with Crippen LogP contribution in [0, 0.1) is 0 Å². The Balaban J connectivity index is 1.92. The topological polar surface area (TPSA) is 29.9 Å². The van der Waals surface area contributed by atoms with E-state index in [-0.39, 0.29) is 0 Å². The van der Waals surface area contributed by atoms with Gasteiger partial charge in [-0.25, -0.2) is 4.98 Å². The Kier molecular flexibility index (Phi) is 5.89. The van der Waals surface area contributed by atoms with Crippen LogP contribution in [-0.2, 0) is 7.05 Å². The average molecular weight is 333 g/mol. The molecule has 3 rings (SSSR count). The number of benzene rings is 2. The maximum Gasteiger partial charge on any atom is 0.203 e. The summed E-state index contributed by atoms with van der Waals surface area (Å²) in [5.74, 6) is 0.939. The van der Waals surface area contributed by atoms with Gasteiger partial charge in [0, 0.05) is 24.7 Å². The van der Waals surface area contributed by atoms with Gasteiger partial charge in [0.2, 0.25) is 5.95 Å². The molecule has 0 fully saturated rings. The lowest BCUT2D eigenvalue weighted by molar-refractivity contribution is 0.682. The molecule has 0 unspecified atom stereocenters. The molecule has 3 heteroatoms. The van der Waals surface area contributed by atoms with Crippen LogP contribution in [0.1, 0.15) is 32.6 Å². The minimum absolute atomic E-state index is 0.939. The first-order valence-corrected chi connectivity index (χ1v) is 9.22. The molecule has 0 atom stereocenters. The highest BCUT2D eigenvalue weighted by Crippen LogP contribution is 2.33. The number of hydrogen-bond donors (Lipinski definition) is 1. The van der Waals surface area contributed by atoms with E-state index in [1.165, 1.54) is 31.2 Å². The third kappa shape index (κ3) is 4.11. The van der Waals surface area contributed by atoms with Crippen LogP contribution in [0.5, 0.6) is 0 Å². The van der Waals surface area contributed by atoms with Gasteiger partial charge < -0.3 is 9.88 Å². The summed E-state index contributed by atoms with van der Waals surface area (Å²) >= 11 is 0. The predicted molar refractivity (Wildman–Crippen MR) is 107 cm³/mol. The second-order valence-corrected chi connectivity index (χ2v) is 6.41. The molecule has 0 aliphatic heterocycles. The molecule has 0 spiro atoms. The molecule has 2 aromatic carbocycles. The molecule has 0 aliphatic carbocycles. The fourth-order valence-electron chi connectivity index (χ4n) is 3.13. The number of nitrogens with one attached hydrogen (secondary N) is 1. The number of rotatable bonds is 8. The summed E-state index contributed by atoms with van der Waals surface area (Å²) in [6.45, 7) is 3.21. The zero-order valence-electron chi connectivity index (χ0n) is 15.2. The van der Waals surface area contributed by atoms with E-state index in [0.29, 0.717) is 0 Å². The van der Waals surface area contributed by atoms with E-state index in [9.17, 15) is 0 Å². The third-order valence-corrected chi connectivity index (χ3v) is 4.50. The Morgan fingerprint density at radius 1 is 0.840 bits per heavy atom. The maximum atomic E-state index is 4.93. The molecular formula is C22H27N3. The van der Waals surface area contributed by atoms with Crippen molar-refractivity contribution in [2.45, 2.75) is 32.6 Å². The van der Waals surface area contributed by atoms with Gasteiger partial charge in [-0.05, 0) is 6.42 Å². The third-order valence-electron chi connectivity index (χ3n) is 4.50. The van der Waals surface area contributed by atoms with Gasteiger partial charge in [0.05, 0.1) is 11.4 Å². The average Bonchev–Trinajstić information content (AvgIpc) is 2.99. The normalized spacial score (nSPS) is 10.8. The van der Waals surface area contributed by atoms with Crippen LogP contribution in [0.15, 0.2) is 60.7 Å². The van der Waals surface area contributed by atoms with Crippen molar-refractivity contribution in [2.75, 3.05) is 11.9 Å². The van der Waals surface area contributed by atoms with Gasteiger partial charge in [-0.3, -0.25) is 0 Å². The molecule has 1 N–H and O–H groups in total. The van der Waals surface area contributed by atoms with Crippen LogP contribution in [0.25, 0.3) is 22.5 Å². The first-order valence-electron chi connectivity index (χ1n) is 9.22. The van der Waals surface area contributed by atoms with Crippen molar-refractivity contribution in [3.05, 3.63) is 60.7 Å². The number of aromatic nitrogens is 2. The molecule has 1 aromatic heterocycles. The highest BCUT2D eigenvalue weighted by molar-refractivity contribution is 5.80. The van der Waals surface area contributed by atoms with E-state index >= 15 is 0 Å². The SMILES string of the molecule is CCCCCCNc1nc(-c2ccccc2)c(-c2ccccc2)n1C. The highest BCUT2D eigenvalue weighted by Gasteiger charge is 2.17. The Morgan fingerprint density at radius 2 is 1.48 bits per heavy atom. The summed E-state index contributed by atoms with van der Waals surface area (Å²) in [7, 11) is 2.09. The molecule has 0 amide bonds. The molecule has 0 saturated heterocycles. The van der Waals surface area contributed by atoms with Gasteiger partial charge in [0.15, 0.2) is 0 Å². The summed E-state index contributed by atoms with van der Waals surface area (Å²) in [5, 5.41) is 3.52. The van der Waals surface area contributed by atoms with Gasteiger partial charge in [0.25, 0.3) is 0 Å². The standard InChI is InChI=1S/C22H27N3/c1-3-4-5-12-17-23-22-24-20(18-13-8-6-9-14-18)21(25(22)2)19-15-10-7-11-16-19/h6-11,13-16H,3-5,12,17H2,1-2H3,(H,23,24). The fraction of sp³-hybridized carbons (Fsp3) is 0.318. The molecule has 0 aliphatic rings. The van der Waals surface area contributed by atoms with Crippen LogP contribution < -0.4 is 5.32 Å². The Labute approximate surface area is 150 Å². The van der Waals surface area contributed by atoms with Crippen LogP contribution in [-0.4, -0.2) is 16.1 Å². The number of hydrogen-bond acceptors (Lipinski definition) is 2. The lowest BCUT2D eigenvalue weighted by Crippen LogP contribution is -2.07. The second kappa shape index (κ2) is 8.52. The quantitative estimate of drug-likeness (QED) is 0.532. The van der Waals surface area contributed by atoms with Gasteiger partial charge in [-0.1, -0.05) is 86.8 Å². The van der Waals surface area contributed by atoms with E-state index in [1.54, 1.807) is 0 Å². The van der Waals surface area contributed by atoms with Crippen LogP contribution >= 0.6 is 0 Å². The first-order chi connectivity index (χ1) is 12.3. The summed E-state index contributed by atoms with van der Waals surface area (Å²) in [5.41, 5.74) is 4.53. The molecule has 1 heterocycles. The van der Waals surface area contributed by atoms with Crippen molar-refractivity contribution in [1.29, 1.82) is 0 Å². The Morgan fingerprint density at radius 3 is 2.12 bits per heavy atom. The number of nitrogens with zero attached hydrogens (tertiary/aromatic N) is 2. The largest absolute Gasteiger partial charge is 0.356 e. The molecule has 25 heavy (non-hydrogen) atoms. The van der Waals surface area contributed by atoms with Crippen molar-refractivity contribution in [3.63, 3.8) is 0 Å². The molecule has 3 aromatic rings. The summed E-state index contributed by atoms with van der Waals surface area (Å²) in [6.07, 6.45) is 5.01. The molecule has 0 bridgehead atoms. The second-order valence-electron chi connectivity index (χ2n) is 6.41. The number of anilines is 1. The zero-order valence-corrected chi connectivity index (χ0v) is 15.2. The highest BCUT2D eigenvalue weighted by atomic mass is 15.2. The van der Waals surface area contributed by atoms with Crippen molar-refractivity contribution in [2.24, 2.45) is 7.05 Å². The fourth-order valence-corrected chi connectivity index (χ4v) is 3.13. The van der Waals surface area contributed by atoms with Gasteiger partial charge in [-0.15, -0.1) is 0 Å². The lowest BCUT2D eigenvalue weighted by Gasteiger charge is -2.09. The monoisotopic (exact) mass is 333 g/mol. The number of unbranched alkanes of at least 4 members (excludes halogenated alkanes) is 3. The van der Waals surface area contributed by atoms with Crippen LogP contribution in [0.2, 0.25) is 0 Å². The zero-order chi connectivity index (χ0) is 17.5. The Bertz CT molecular complexity index is 776. The molecular weight excluding hydrogens is 306 g/mol. The predicted octanol–water partition coefficient (Wildman–Crippen LogP) is 5.75. The Hall–Kier alpha value is -2.55. The van der Waals surface area contributed by atoms with E-state index in [0.717, 1.165) is 29.4 Å². The first kappa shape index (κ1) is 17.3. The molecule has 3 nitrogen and oxygen atoms in total. The van der Waals surface area contributed by atoms with Crippen molar-refractivity contribution >= 4 is 5.95 Å². The van der Waals surface area contributed by atoms with Crippen molar-refractivity contribution in [3.8, 4) is 22.5 Å². The molecule has 0 radical (unpaired) electrons. The summed E-state index contributed by atoms with van der Waals surface area (Å²) in [6, 6.07) is 20.9. The van der Waals surface area contributed by atoms with E-state index < -0.39 is 0 Å². The lowest BCUT2D eigenvalue weighted by atomic mass is 10.1. The van der Waals surface area contributed by atoms with E-state index in [4.69, 9.17) is 4.98 Å². The van der Waals surface area contributed by atoms with Crippen molar-refractivity contribution < 1.29 is 0 Å². The summed E-state index contributed by atoms with van der Waals surface area (Å²) < 4.78 is 2.18. The van der Waals surface area contributed by atoms with Gasteiger partial charge in [0.1, 0.15) is 0 Å². The summed E-state index contributed by atoms with van der Waals surface area (Å²) in [4.78, 5) is 4.93. The van der Waals surface area contributed by atoms with Gasteiger partial charge >= 0.3 is 0 Å². The minimum atomic E-state index is 0.939. The van der Waals surface area contributed by atoms with Crippen LogP contribution in [0.3, 0.4) is 0 Å². The smallest absolute Gasteiger partial charge is 0.203 e. The van der Waals surface area contributed by atoms with Gasteiger partial charge in [-0.2, -0.15) is 0 Å². The molecule has 0 saturated carbocycles. The number of imidazole rings is 1. The molecule has 130 valence electrons. The maximum absolute atomic E-state index is 4.93. The van der Waals surface area contributed by atoms with E-state index in [2.05, 4.69) is 78.5 Å².